The molecule has 7 nitrogen and oxygen atoms in total. The quantitative estimate of drug-likeness (QED) is 0.180. The van der Waals surface area contributed by atoms with E-state index >= 15 is 0 Å². The summed E-state index contributed by atoms with van der Waals surface area (Å²) >= 11 is 0. The van der Waals surface area contributed by atoms with Crippen LogP contribution in [0.2, 0.25) is 0 Å². The molecule has 4 rings (SSSR count). The Morgan fingerprint density at radius 2 is 1.60 bits per heavy atom. The Kier molecular flexibility index (Phi) is 11.4. The van der Waals surface area contributed by atoms with Crippen LogP contribution in [0.15, 0.2) is 78.9 Å². The topological polar surface area (TPSA) is 93.1 Å². The number of nitrogens with zero attached hydrogens (tertiary/aromatic N) is 1. The van der Waals surface area contributed by atoms with Crippen LogP contribution in [-0.2, 0) is 27.8 Å². The Hall–Kier alpha value is -4.06. The fraction of sp³-hybridized carbons (Fsp3) is 0.343. The van der Waals surface area contributed by atoms with E-state index in [2.05, 4.69) is 59.2 Å². The minimum Gasteiger partial charge on any atom is -0.494 e. The molecule has 0 saturated carbocycles. The second-order valence-corrected chi connectivity index (χ2v) is 13.0. The highest BCUT2D eigenvalue weighted by atomic mass is 32.2. The molecule has 1 heterocycles. The summed E-state index contributed by atoms with van der Waals surface area (Å²) in [6.07, 6.45) is 4.97. The predicted octanol–water partition coefficient (Wildman–Crippen LogP) is 5.95. The van der Waals surface area contributed by atoms with Crippen molar-refractivity contribution in [3.63, 3.8) is 0 Å². The fourth-order valence-electron chi connectivity index (χ4n) is 4.96. The van der Waals surface area contributed by atoms with Gasteiger partial charge in [0.05, 0.1) is 24.7 Å². The zero-order chi connectivity index (χ0) is 30.7. The van der Waals surface area contributed by atoms with E-state index in [4.69, 9.17) is 14.6 Å². The predicted molar refractivity (Wildman–Crippen MR) is 170 cm³/mol. The third kappa shape index (κ3) is 10.6. The molecule has 43 heavy (non-hydrogen) atoms. The van der Waals surface area contributed by atoms with Gasteiger partial charge < -0.3 is 14.6 Å². The lowest BCUT2D eigenvalue weighted by Gasteiger charge is -2.26. The molecular formula is C35H39NO6S. The van der Waals surface area contributed by atoms with Crippen molar-refractivity contribution in [1.82, 2.24) is 4.90 Å². The van der Waals surface area contributed by atoms with Crippen molar-refractivity contribution < 1.29 is 27.8 Å². The molecule has 0 radical (unpaired) electrons. The molecule has 0 aliphatic carbocycles. The van der Waals surface area contributed by atoms with Gasteiger partial charge in [-0.3, -0.25) is 9.69 Å². The summed E-state index contributed by atoms with van der Waals surface area (Å²) in [7, 11) is -2.96. The third-order valence-corrected chi connectivity index (χ3v) is 8.29. The van der Waals surface area contributed by atoms with Crippen molar-refractivity contribution >= 4 is 21.4 Å². The van der Waals surface area contributed by atoms with Gasteiger partial charge in [-0.15, -0.1) is 5.92 Å². The molecule has 0 spiro atoms. The molecule has 0 saturated heterocycles. The molecule has 0 unspecified atom stereocenters. The summed E-state index contributed by atoms with van der Waals surface area (Å²) in [5.41, 5.74) is 5.73. The Bertz CT molecular complexity index is 1550. The van der Waals surface area contributed by atoms with Crippen LogP contribution in [0, 0.1) is 11.8 Å². The standard InChI is InChI=1S/C35H39NO6S/c1-3-5-32(24-35(37)38)30-12-16-34(17-13-30)42-26-28-8-6-27(7-9-28)25-36-20-18-31(19-21-36)29-10-14-33(15-11-29)41-22-4-23-43(2,39)40/h6-18,32H,4,19-26H2,1-2H3,(H,37,38)/t32-/m0/s1. The highest BCUT2D eigenvalue weighted by Gasteiger charge is 2.15. The van der Waals surface area contributed by atoms with Crippen LogP contribution in [-0.4, -0.2) is 56.1 Å². The molecular weight excluding hydrogens is 562 g/mol. The number of hydrogen-bond acceptors (Lipinski definition) is 6. The monoisotopic (exact) mass is 601 g/mol. The maximum atomic E-state index is 11.2. The van der Waals surface area contributed by atoms with Crippen LogP contribution in [0.4, 0.5) is 0 Å². The number of benzene rings is 3. The van der Waals surface area contributed by atoms with Gasteiger partial charge in [-0.25, -0.2) is 8.42 Å². The number of hydrogen-bond donors (Lipinski definition) is 1. The molecule has 226 valence electrons. The van der Waals surface area contributed by atoms with Crippen LogP contribution in [0.5, 0.6) is 11.5 Å². The molecule has 1 N–H and O–H groups in total. The Balaban J connectivity index is 1.21. The number of aliphatic carboxylic acids is 1. The van der Waals surface area contributed by atoms with Crippen LogP contribution in [0.1, 0.15) is 54.4 Å². The molecule has 1 aliphatic rings. The maximum absolute atomic E-state index is 11.2. The van der Waals surface area contributed by atoms with Crippen molar-refractivity contribution in [1.29, 1.82) is 0 Å². The normalized spacial score (nSPS) is 14.2. The average Bonchev–Trinajstić information content (AvgIpc) is 2.99. The number of carboxylic acids is 1. The molecule has 0 aromatic heterocycles. The molecule has 1 atom stereocenters. The van der Waals surface area contributed by atoms with E-state index in [0.29, 0.717) is 19.6 Å². The Morgan fingerprint density at radius 1 is 0.953 bits per heavy atom. The van der Waals surface area contributed by atoms with Crippen LogP contribution >= 0.6 is 0 Å². The summed E-state index contributed by atoms with van der Waals surface area (Å²) in [6.45, 7) is 5.30. The first-order valence-electron chi connectivity index (χ1n) is 14.5. The molecule has 1 aliphatic heterocycles. The smallest absolute Gasteiger partial charge is 0.304 e. The summed E-state index contributed by atoms with van der Waals surface area (Å²) in [5.74, 6) is 6.21. The third-order valence-electron chi connectivity index (χ3n) is 7.26. The van der Waals surface area contributed by atoms with Gasteiger partial charge in [0.1, 0.15) is 27.9 Å². The highest BCUT2D eigenvalue weighted by molar-refractivity contribution is 7.90. The first-order valence-corrected chi connectivity index (χ1v) is 16.5. The summed E-state index contributed by atoms with van der Waals surface area (Å²) in [6, 6.07) is 24.0. The van der Waals surface area contributed by atoms with Gasteiger partial charge >= 0.3 is 5.97 Å². The van der Waals surface area contributed by atoms with Gasteiger partial charge in [-0.05, 0) is 71.9 Å². The van der Waals surface area contributed by atoms with E-state index in [1.165, 1.54) is 23.0 Å². The number of ether oxygens (including phenoxy) is 2. The minimum absolute atomic E-state index is 0.0230. The van der Waals surface area contributed by atoms with Crippen molar-refractivity contribution in [2.24, 2.45) is 0 Å². The van der Waals surface area contributed by atoms with Gasteiger partial charge in [0.15, 0.2) is 0 Å². The van der Waals surface area contributed by atoms with Crippen molar-refractivity contribution in [3.8, 4) is 23.3 Å². The van der Waals surface area contributed by atoms with E-state index in [0.717, 1.165) is 48.7 Å². The second kappa shape index (κ2) is 15.4. The molecule has 0 bridgehead atoms. The molecule has 3 aromatic carbocycles. The number of rotatable bonds is 14. The van der Waals surface area contributed by atoms with Gasteiger partial charge in [0.25, 0.3) is 0 Å². The Labute approximate surface area is 255 Å². The first-order chi connectivity index (χ1) is 20.7. The second-order valence-electron chi connectivity index (χ2n) is 10.8. The van der Waals surface area contributed by atoms with Crippen LogP contribution in [0.25, 0.3) is 5.57 Å². The van der Waals surface area contributed by atoms with E-state index < -0.39 is 15.8 Å². The fourth-order valence-corrected chi connectivity index (χ4v) is 5.60. The van der Waals surface area contributed by atoms with Gasteiger partial charge in [0, 0.05) is 25.9 Å². The van der Waals surface area contributed by atoms with Crippen LogP contribution in [0.3, 0.4) is 0 Å². The molecule has 0 fully saturated rings. The lowest BCUT2D eigenvalue weighted by atomic mass is 9.96. The van der Waals surface area contributed by atoms with Crippen molar-refractivity contribution in [2.45, 2.75) is 45.3 Å². The van der Waals surface area contributed by atoms with E-state index in [9.17, 15) is 13.2 Å². The molecule has 3 aromatic rings. The van der Waals surface area contributed by atoms with Crippen molar-refractivity contribution in [2.75, 3.05) is 31.7 Å². The molecule has 8 heteroatoms. The summed E-state index contributed by atoms with van der Waals surface area (Å²) < 4.78 is 34.1. The van der Waals surface area contributed by atoms with E-state index in [-0.39, 0.29) is 18.1 Å². The SMILES string of the molecule is CC#C[C@@H](CC(=O)O)c1ccc(OCc2ccc(CN3CC=C(c4ccc(OCCCS(C)(=O)=O)cc4)CC3)cc2)cc1. The average molecular weight is 602 g/mol. The van der Waals surface area contributed by atoms with Gasteiger partial charge in [-0.1, -0.05) is 60.5 Å². The zero-order valence-corrected chi connectivity index (χ0v) is 25.6. The maximum Gasteiger partial charge on any atom is 0.304 e. The largest absolute Gasteiger partial charge is 0.494 e. The zero-order valence-electron chi connectivity index (χ0n) is 24.8. The highest BCUT2D eigenvalue weighted by Crippen LogP contribution is 2.26. The summed E-state index contributed by atoms with van der Waals surface area (Å²) in [4.78, 5) is 13.6. The number of sulfone groups is 1. The van der Waals surface area contributed by atoms with E-state index in [1.807, 2.05) is 36.4 Å². The lowest BCUT2D eigenvalue weighted by Crippen LogP contribution is -2.28. The minimum atomic E-state index is -2.96. The first kappa shape index (κ1) is 31.9. The Morgan fingerprint density at radius 3 is 2.21 bits per heavy atom. The number of carboxylic acid groups (broad SMARTS) is 1. The van der Waals surface area contributed by atoms with Gasteiger partial charge in [0.2, 0.25) is 0 Å². The van der Waals surface area contributed by atoms with Gasteiger partial charge in [-0.2, -0.15) is 0 Å². The molecule has 0 amide bonds. The number of carbonyl (C=O) groups is 1. The lowest BCUT2D eigenvalue weighted by molar-refractivity contribution is -0.137. The van der Waals surface area contributed by atoms with Crippen molar-refractivity contribution in [3.05, 3.63) is 101 Å². The van der Waals surface area contributed by atoms with E-state index in [1.54, 1.807) is 6.92 Å². The van der Waals surface area contributed by atoms with Crippen LogP contribution < -0.4 is 9.47 Å². The summed E-state index contributed by atoms with van der Waals surface area (Å²) in [5, 5.41) is 9.14.